The van der Waals surface area contributed by atoms with Crippen molar-refractivity contribution in [3.8, 4) is 11.8 Å². The van der Waals surface area contributed by atoms with Crippen LogP contribution in [0.2, 0.25) is 0 Å². The van der Waals surface area contributed by atoms with Crippen molar-refractivity contribution in [2.75, 3.05) is 5.32 Å². The van der Waals surface area contributed by atoms with Gasteiger partial charge in [-0.1, -0.05) is 42.5 Å². The van der Waals surface area contributed by atoms with Gasteiger partial charge in [0.1, 0.15) is 23.3 Å². The molecule has 1 aliphatic carbocycles. The molecule has 6 rings (SSSR count). The third kappa shape index (κ3) is 3.82. The van der Waals surface area contributed by atoms with Crippen LogP contribution in [0.15, 0.2) is 67.8 Å². The Balaban J connectivity index is 1.25. The van der Waals surface area contributed by atoms with E-state index in [0.29, 0.717) is 29.5 Å². The summed E-state index contributed by atoms with van der Waals surface area (Å²) >= 11 is 0. The number of oxazole rings is 2. The van der Waals surface area contributed by atoms with Crippen molar-refractivity contribution in [3.05, 3.63) is 77.7 Å². The fourth-order valence-electron chi connectivity index (χ4n) is 3.77. The van der Waals surface area contributed by atoms with Crippen LogP contribution in [0.3, 0.4) is 0 Å². The molecule has 5 aromatic rings. The predicted octanol–water partition coefficient (Wildman–Crippen LogP) is 4.83. The van der Waals surface area contributed by atoms with Gasteiger partial charge in [0.05, 0.1) is 0 Å². The Hall–Kier alpha value is -5.04. The zero-order valence-corrected chi connectivity index (χ0v) is 18.6. The van der Waals surface area contributed by atoms with Gasteiger partial charge in [0, 0.05) is 11.3 Å². The summed E-state index contributed by atoms with van der Waals surface area (Å²) in [6, 6.07) is 16.5. The minimum absolute atomic E-state index is 0.000956. The zero-order chi connectivity index (χ0) is 24.7. The Morgan fingerprint density at radius 3 is 2.47 bits per heavy atom. The van der Waals surface area contributed by atoms with Gasteiger partial charge in [0.15, 0.2) is 0 Å². The van der Waals surface area contributed by atoms with Crippen molar-refractivity contribution >= 4 is 40.1 Å². The first kappa shape index (κ1) is 21.5. The number of carbonyl (C=O) groups excluding carboxylic acids is 1. The van der Waals surface area contributed by atoms with Crippen molar-refractivity contribution in [2.24, 2.45) is 0 Å². The average molecular weight is 483 g/mol. The zero-order valence-electron chi connectivity index (χ0n) is 18.6. The minimum Gasteiger partial charge on any atom is -0.480 e. The molecule has 3 heterocycles. The fourth-order valence-corrected chi connectivity index (χ4v) is 3.77. The molecule has 0 aliphatic heterocycles. The van der Waals surface area contributed by atoms with Gasteiger partial charge in [-0.25, -0.2) is 4.79 Å². The Morgan fingerprint density at radius 2 is 1.72 bits per heavy atom. The monoisotopic (exact) mass is 483 g/mol. The number of amides is 1. The predicted molar refractivity (Wildman–Crippen MR) is 125 cm³/mol. The molecule has 178 valence electrons. The second kappa shape index (κ2) is 8.32. The number of fused-ring (bicyclic) bond motifs is 2. The first-order valence-corrected chi connectivity index (χ1v) is 11.0. The Labute approximate surface area is 202 Å². The Bertz CT molecular complexity index is 1650. The Kier molecular flexibility index (Phi) is 4.97. The number of hydrogen-bond acceptors (Lipinski definition) is 8. The molecule has 0 bridgehead atoms. The molecule has 2 aromatic carbocycles. The standard InChI is InChI=1S/C26H17N3O7/c30-24(31)26(12-13-26)23-29-22-21(36-23)27-19(35-22)11-10-18-20(16-8-4-5-9-17(16)34-18)28-25(32)33-14-15-6-2-1-3-7-15/h1-9H,12-14H2,(H,28,32)(H,30,31). The second-order valence-electron chi connectivity index (χ2n) is 8.27. The van der Waals surface area contributed by atoms with Crippen LogP contribution >= 0.6 is 0 Å². The highest BCUT2D eigenvalue weighted by atomic mass is 16.5. The molecule has 0 unspecified atom stereocenters. The highest BCUT2D eigenvalue weighted by Gasteiger charge is 2.56. The van der Waals surface area contributed by atoms with E-state index in [1.54, 1.807) is 18.2 Å². The van der Waals surface area contributed by atoms with Crippen molar-refractivity contribution in [1.82, 2.24) is 9.97 Å². The van der Waals surface area contributed by atoms with Gasteiger partial charge >= 0.3 is 12.1 Å². The number of nitrogens with one attached hydrogen (secondary N) is 1. The number of anilines is 1. The van der Waals surface area contributed by atoms with Gasteiger partial charge < -0.3 is 23.1 Å². The fraction of sp³-hybridized carbons (Fsp3) is 0.154. The van der Waals surface area contributed by atoms with Crippen LogP contribution in [0.1, 0.15) is 35.9 Å². The third-order valence-electron chi connectivity index (χ3n) is 5.86. The van der Waals surface area contributed by atoms with Gasteiger partial charge in [-0.2, -0.15) is 9.97 Å². The summed E-state index contributed by atoms with van der Waals surface area (Å²) in [5, 5.41) is 12.8. The van der Waals surface area contributed by atoms with E-state index in [9.17, 15) is 14.7 Å². The SMILES string of the molecule is O=C(Nc1c(C#Cc2nc3oc(C4(C(=O)O)CC4)nc3o2)oc2ccccc12)OCc1ccccc1. The topological polar surface area (TPSA) is 141 Å². The van der Waals surface area contributed by atoms with E-state index in [1.165, 1.54) is 0 Å². The molecule has 1 aliphatic rings. The highest BCUT2D eigenvalue weighted by Crippen LogP contribution is 2.48. The lowest BCUT2D eigenvalue weighted by Gasteiger charge is -2.06. The molecule has 36 heavy (non-hydrogen) atoms. The second-order valence-corrected chi connectivity index (χ2v) is 8.27. The van der Waals surface area contributed by atoms with E-state index in [1.807, 2.05) is 36.4 Å². The van der Waals surface area contributed by atoms with Crippen molar-refractivity contribution < 1.29 is 32.7 Å². The summed E-state index contributed by atoms with van der Waals surface area (Å²) < 4.78 is 22.2. The lowest BCUT2D eigenvalue weighted by molar-refractivity contribution is -0.140. The summed E-state index contributed by atoms with van der Waals surface area (Å²) in [4.78, 5) is 32.2. The maximum absolute atomic E-state index is 12.5. The van der Waals surface area contributed by atoms with Crippen LogP contribution in [0, 0.1) is 11.8 Å². The maximum Gasteiger partial charge on any atom is 0.412 e. The van der Waals surface area contributed by atoms with E-state index in [0.717, 1.165) is 5.56 Å². The number of aromatic nitrogens is 2. The highest BCUT2D eigenvalue weighted by molar-refractivity contribution is 6.00. The molecule has 0 atom stereocenters. The number of rotatable bonds is 5. The summed E-state index contributed by atoms with van der Waals surface area (Å²) in [5.74, 6) is 4.82. The smallest absolute Gasteiger partial charge is 0.412 e. The molecular weight excluding hydrogens is 466 g/mol. The number of hydrogen-bond donors (Lipinski definition) is 2. The number of nitrogens with zero attached hydrogens (tertiary/aromatic N) is 2. The molecule has 0 saturated heterocycles. The number of carboxylic acid groups (broad SMARTS) is 1. The molecule has 1 saturated carbocycles. The van der Waals surface area contributed by atoms with E-state index in [-0.39, 0.29) is 35.6 Å². The number of furan rings is 1. The summed E-state index contributed by atoms with van der Waals surface area (Å²) in [7, 11) is 0. The lowest BCUT2D eigenvalue weighted by Crippen LogP contribution is -2.19. The Morgan fingerprint density at radius 1 is 0.972 bits per heavy atom. The lowest BCUT2D eigenvalue weighted by atomic mass is 10.1. The van der Waals surface area contributed by atoms with Gasteiger partial charge in [-0.05, 0) is 36.5 Å². The van der Waals surface area contributed by atoms with E-state index < -0.39 is 17.5 Å². The van der Waals surface area contributed by atoms with Crippen LogP contribution in [-0.4, -0.2) is 27.1 Å². The molecular formula is C26H17N3O7. The number of carboxylic acids is 1. The van der Waals surface area contributed by atoms with Crippen LogP contribution in [-0.2, 0) is 21.6 Å². The first-order valence-electron chi connectivity index (χ1n) is 11.0. The largest absolute Gasteiger partial charge is 0.480 e. The van der Waals surface area contributed by atoms with Crippen LogP contribution in [0.4, 0.5) is 10.5 Å². The number of para-hydroxylation sites is 1. The van der Waals surface area contributed by atoms with Crippen molar-refractivity contribution in [2.45, 2.75) is 24.9 Å². The average Bonchev–Trinajstić information content (AvgIpc) is 3.32. The van der Waals surface area contributed by atoms with E-state index in [4.69, 9.17) is 18.0 Å². The molecule has 3 aromatic heterocycles. The maximum atomic E-state index is 12.5. The van der Waals surface area contributed by atoms with E-state index >= 15 is 0 Å². The van der Waals surface area contributed by atoms with Crippen LogP contribution in [0.25, 0.3) is 22.4 Å². The summed E-state index contributed by atoms with van der Waals surface area (Å²) in [6.45, 7) is 0.108. The van der Waals surface area contributed by atoms with Gasteiger partial charge in [-0.15, -0.1) is 0 Å². The molecule has 10 heteroatoms. The molecule has 0 radical (unpaired) electrons. The number of aliphatic carboxylic acids is 1. The molecule has 1 fully saturated rings. The third-order valence-corrected chi connectivity index (χ3v) is 5.86. The minimum atomic E-state index is -1.10. The number of benzene rings is 2. The summed E-state index contributed by atoms with van der Waals surface area (Å²) in [6.07, 6.45) is 0.243. The van der Waals surface area contributed by atoms with Gasteiger partial charge in [0.2, 0.25) is 11.7 Å². The molecule has 2 N–H and O–H groups in total. The summed E-state index contributed by atoms with van der Waals surface area (Å²) in [5.41, 5.74) is 0.758. The normalized spacial score (nSPS) is 13.8. The molecule has 1 amide bonds. The van der Waals surface area contributed by atoms with Gasteiger partial charge in [-0.3, -0.25) is 10.1 Å². The van der Waals surface area contributed by atoms with Crippen LogP contribution < -0.4 is 5.32 Å². The van der Waals surface area contributed by atoms with E-state index in [2.05, 4.69) is 27.1 Å². The molecule has 0 spiro atoms. The first-order chi connectivity index (χ1) is 17.5. The van der Waals surface area contributed by atoms with Crippen LogP contribution in [0.5, 0.6) is 0 Å². The number of ether oxygens (including phenoxy) is 1. The van der Waals surface area contributed by atoms with Crippen molar-refractivity contribution in [3.63, 3.8) is 0 Å². The quantitative estimate of drug-likeness (QED) is 0.336. The van der Waals surface area contributed by atoms with Crippen molar-refractivity contribution in [1.29, 1.82) is 0 Å². The molecule has 10 nitrogen and oxygen atoms in total. The van der Waals surface area contributed by atoms with Gasteiger partial charge in [0.25, 0.3) is 17.3 Å². The number of carbonyl (C=O) groups is 2.